The van der Waals surface area contributed by atoms with Gasteiger partial charge in [0.2, 0.25) is 5.91 Å². The Bertz CT molecular complexity index is 809. The standard InChI is InChI=1S/C18H21N3O4S2/c1-25-12-4-2-11(3-5-12)16(19)14-6-7-15(22)21(14)8-9-26-18-20-13(10-27-18)17(23)24/h2-5,10,14,16H,6-9,19H2,1H3,(H,23,24)/t14-,16?/m1/s1. The fraction of sp³-hybridized carbons (Fsp3) is 0.389. The molecule has 1 aromatic heterocycles. The van der Waals surface area contributed by atoms with Gasteiger partial charge in [0, 0.05) is 24.1 Å². The van der Waals surface area contributed by atoms with Crippen molar-refractivity contribution in [2.75, 3.05) is 19.4 Å². The molecule has 0 spiro atoms. The molecule has 2 heterocycles. The molecule has 0 saturated carbocycles. The summed E-state index contributed by atoms with van der Waals surface area (Å²) in [6.07, 6.45) is 1.23. The van der Waals surface area contributed by atoms with Crippen molar-refractivity contribution in [1.29, 1.82) is 0 Å². The first-order chi connectivity index (χ1) is 13.0. The van der Waals surface area contributed by atoms with Gasteiger partial charge in [0.15, 0.2) is 10.0 Å². The molecule has 3 rings (SSSR count). The van der Waals surface area contributed by atoms with E-state index in [1.54, 1.807) is 7.11 Å². The number of aromatic nitrogens is 1. The van der Waals surface area contributed by atoms with E-state index in [9.17, 15) is 9.59 Å². The van der Waals surface area contributed by atoms with E-state index in [4.69, 9.17) is 15.6 Å². The second-order valence-corrected chi connectivity index (χ2v) is 8.34. The Balaban J connectivity index is 1.60. The number of carboxylic acids is 1. The molecule has 1 aromatic carbocycles. The van der Waals surface area contributed by atoms with Crippen LogP contribution in [0.5, 0.6) is 5.75 Å². The van der Waals surface area contributed by atoms with Crippen LogP contribution in [-0.2, 0) is 4.79 Å². The van der Waals surface area contributed by atoms with Crippen LogP contribution in [0.4, 0.5) is 0 Å². The van der Waals surface area contributed by atoms with Crippen molar-refractivity contribution in [2.24, 2.45) is 5.73 Å². The summed E-state index contributed by atoms with van der Waals surface area (Å²) in [5.74, 6) is 0.489. The summed E-state index contributed by atoms with van der Waals surface area (Å²) in [5.41, 5.74) is 7.47. The average molecular weight is 408 g/mol. The van der Waals surface area contributed by atoms with Crippen molar-refractivity contribution >= 4 is 35.0 Å². The fourth-order valence-electron chi connectivity index (χ4n) is 3.12. The van der Waals surface area contributed by atoms with Gasteiger partial charge < -0.3 is 20.5 Å². The van der Waals surface area contributed by atoms with Crippen LogP contribution in [0.25, 0.3) is 0 Å². The number of methoxy groups -OCH3 is 1. The molecule has 2 aromatic rings. The quantitative estimate of drug-likeness (QED) is 0.648. The van der Waals surface area contributed by atoms with E-state index in [2.05, 4.69) is 4.98 Å². The lowest BCUT2D eigenvalue weighted by Crippen LogP contribution is -2.41. The van der Waals surface area contributed by atoms with E-state index >= 15 is 0 Å². The molecule has 1 amide bonds. The molecular formula is C18H21N3O4S2. The molecule has 0 radical (unpaired) electrons. The Labute approximate surface area is 165 Å². The number of aromatic carboxylic acids is 1. The number of amides is 1. The molecule has 1 unspecified atom stereocenters. The van der Waals surface area contributed by atoms with Crippen molar-refractivity contribution in [3.8, 4) is 5.75 Å². The molecule has 1 aliphatic rings. The van der Waals surface area contributed by atoms with Crippen LogP contribution in [0, 0.1) is 0 Å². The van der Waals surface area contributed by atoms with Crippen molar-refractivity contribution in [3.63, 3.8) is 0 Å². The lowest BCUT2D eigenvalue weighted by Gasteiger charge is -2.29. The lowest BCUT2D eigenvalue weighted by molar-refractivity contribution is -0.128. The predicted molar refractivity (Wildman–Crippen MR) is 104 cm³/mol. The summed E-state index contributed by atoms with van der Waals surface area (Å²) < 4.78 is 5.86. The summed E-state index contributed by atoms with van der Waals surface area (Å²) in [7, 11) is 1.62. The first-order valence-electron chi connectivity index (χ1n) is 8.50. The fourth-order valence-corrected chi connectivity index (χ4v) is 4.93. The summed E-state index contributed by atoms with van der Waals surface area (Å²) in [6.45, 7) is 0.556. The van der Waals surface area contributed by atoms with E-state index in [0.29, 0.717) is 23.1 Å². The molecule has 7 nitrogen and oxygen atoms in total. The van der Waals surface area contributed by atoms with Gasteiger partial charge in [0.05, 0.1) is 19.2 Å². The molecule has 1 saturated heterocycles. The predicted octanol–water partition coefficient (Wildman–Crippen LogP) is 2.63. The first-order valence-corrected chi connectivity index (χ1v) is 10.4. The van der Waals surface area contributed by atoms with Crippen LogP contribution in [-0.4, -0.2) is 52.3 Å². The highest BCUT2D eigenvalue weighted by Gasteiger charge is 2.35. The van der Waals surface area contributed by atoms with Gasteiger partial charge in [0.25, 0.3) is 0 Å². The number of hydrogen-bond donors (Lipinski definition) is 2. The minimum Gasteiger partial charge on any atom is -0.497 e. The molecule has 1 aliphatic heterocycles. The summed E-state index contributed by atoms with van der Waals surface area (Å²) >= 11 is 2.75. The van der Waals surface area contributed by atoms with Crippen molar-refractivity contribution in [1.82, 2.24) is 9.88 Å². The van der Waals surface area contributed by atoms with Crippen LogP contribution < -0.4 is 10.5 Å². The Hall–Kier alpha value is -2.10. The van der Waals surface area contributed by atoms with Gasteiger partial charge in [-0.05, 0) is 24.1 Å². The topological polar surface area (TPSA) is 106 Å². The van der Waals surface area contributed by atoms with Crippen LogP contribution in [0.2, 0.25) is 0 Å². The highest BCUT2D eigenvalue weighted by atomic mass is 32.2. The molecule has 0 bridgehead atoms. The van der Waals surface area contributed by atoms with Gasteiger partial charge in [-0.15, -0.1) is 11.3 Å². The third-order valence-corrected chi connectivity index (χ3v) is 6.55. The minimum atomic E-state index is -1.03. The first kappa shape index (κ1) is 19.7. The Morgan fingerprint density at radius 1 is 1.48 bits per heavy atom. The van der Waals surface area contributed by atoms with Crippen LogP contribution in [0.3, 0.4) is 0 Å². The van der Waals surface area contributed by atoms with Gasteiger partial charge in [0.1, 0.15) is 5.75 Å². The zero-order chi connectivity index (χ0) is 19.4. The molecule has 27 heavy (non-hydrogen) atoms. The number of carbonyl (C=O) groups is 2. The van der Waals surface area contributed by atoms with Crippen LogP contribution in [0.15, 0.2) is 34.0 Å². The SMILES string of the molecule is COc1ccc(C(N)[C@H]2CCC(=O)N2CCSc2nc(C(=O)O)cs2)cc1. The maximum absolute atomic E-state index is 12.3. The summed E-state index contributed by atoms with van der Waals surface area (Å²) in [6, 6.07) is 7.30. The van der Waals surface area contributed by atoms with Crippen molar-refractivity contribution in [3.05, 3.63) is 40.9 Å². The number of nitrogens with two attached hydrogens (primary N) is 1. The van der Waals surface area contributed by atoms with E-state index < -0.39 is 5.97 Å². The number of carboxylic acid groups (broad SMARTS) is 1. The third kappa shape index (κ3) is 4.60. The zero-order valence-electron chi connectivity index (χ0n) is 14.8. The van der Waals surface area contributed by atoms with Gasteiger partial charge >= 0.3 is 5.97 Å². The minimum absolute atomic E-state index is 0.0441. The van der Waals surface area contributed by atoms with E-state index in [1.807, 2.05) is 29.2 Å². The van der Waals surface area contributed by atoms with Gasteiger partial charge in [-0.1, -0.05) is 23.9 Å². The molecule has 3 N–H and O–H groups in total. The highest BCUT2D eigenvalue weighted by Crippen LogP contribution is 2.30. The zero-order valence-corrected chi connectivity index (χ0v) is 16.5. The van der Waals surface area contributed by atoms with Crippen LogP contribution in [0.1, 0.15) is 34.9 Å². The Kier molecular flexibility index (Phi) is 6.35. The Morgan fingerprint density at radius 2 is 2.22 bits per heavy atom. The Morgan fingerprint density at radius 3 is 2.85 bits per heavy atom. The van der Waals surface area contributed by atoms with E-state index in [1.165, 1.54) is 28.5 Å². The monoisotopic (exact) mass is 407 g/mol. The summed E-state index contributed by atoms with van der Waals surface area (Å²) in [4.78, 5) is 29.1. The molecule has 2 atom stereocenters. The highest BCUT2D eigenvalue weighted by molar-refractivity contribution is 8.01. The number of benzene rings is 1. The van der Waals surface area contributed by atoms with Crippen molar-refractivity contribution in [2.45, 2.75) is 29.3 Å². The second kappa shape index (κ2) is 8.73. The number of ether oxygens (including phenoxy) is 1. The number of carbonyl (C=O) groups excluding carboxylic acids is 1. The van der Waals surface area contributed by atoms with E-state index in [-0.39, 0.29) is 23.7 Å². The normalized spacial score (nSPS) is 17.9. The second-order valence-electron chi connectivity index (χ2n) is 6.14. The van der Waals surface area contributed by atoms with Gasteiger partial charge in [-0.25, -0.2) is 9.78 Å². The number of thiazole rings is 1. The maximum atomic E-state index is 12.3. The smallest absolute Gasteiger partial charge is 0.355 e. The summed E-state index contributed by atoms with van der Waals surface area (Å²) in [5, 5.41) is 10.5. The maximum Gasteiger partial charge on any atom is 0.355 e. The lowest BCUT2D eigenvalue weighted by atomic mass is 9.98. The van der Waals surface area contributed by atoms with Crippen LogP contribution >= 0.6 is 23.1 Å². The van der Waals surface area contributed by atoms with Crippen molar-refractivity contribution < 1.29 is 19.4 Å². The van der Waals surface area contributed by atoms with Gasteiger partial charge in [-0.2, -0.15) is 0 Å². The number of rotatable bonds is 8. The molecule has 9 heteroatoms. The average Bonchev–Trinajstić information content (AvgIpc) is 3.29. The van der Waals surface area contributed by atoms with Gasteiger partial charge in [-0.3, -0.25) is 4.79 Å². The van der Waals surface area contributed by atoms with E-state index in [0.717, 1.165) is 17.7 Å². The largest absolute Gasteiger partial charge is 0.497 e. The molecule has 1 fully saturated rings. The number of hydrogen-bond acceptors (Lipinski definition) is 7. The number of thioether (sulfide) groups is 1. The molecule has 144 valence electrons. The molecule has 0 aliphatic carbocycles. The molecular weight excluding hydrogens is 386 g/mol. The number of nitrogens with zero attached hydrogens (tertiary/aromatic N) is 2. The number of likely N-dealkylation sites (tertiary alicyclic amines) is 1. The third-order valence-electron chi connectivity index (χ3n) is 4.55.